The van der Waals surface area contributed by atoms with Crippen molar-refractivity contribution in [3.05, 3.63) is 65.5 Å². The van der Waals surface area contributed by atoms with Crippen molar-refractivity contribution in [2.75, 3.05) is 55.4 Å². The number of likely N-dealkylation sites (tertiary alicyclic amines) is 1. The summed E-state index contributed by atoms with van der Waals surface area (Å²) in [4.78, 5) is 101. The molecule has 95 heavy (non-hydrogen) atoms. The van der Waals surface area contributed by atoms with Crippen molar-refractivity contribution in [3.63, 3.8) is 0 Å². The molecule has 2 aromatic rings. The third-order valence-corrected chi connectivity index (χ3v) is 6.92. The van der Waals surface area contributed by atoms with Gasteiger partial charge in [0.2, 0.25) is 5.91 Å². The molecule has 29 N–H and O–H groups in total. The molecule has 27 heteroatoms. The fourth-order valence-corrected chi connectivity index (χ4v) is 2.69. The van der Waals surface area contributed by atoms with Gasteiger partial charge in [-0.1, -0.05) is 194 Å². The van der Waals surface area contributed by atoms with Gasteiger partial charge < -0.3 is 133 Å². The summed E-state index contributed by atoms with van der Waals surface area (Å²) in [5.74, 6) is 2.89. The summed E-state index contributed by atoms with van der Waals surface area (Å²) in [6.07, 6.45) is 9.36. The standard InChI is InChI=1S/C8H9FO.C8H10.C7H13NO.3C5H12.C4H10.C3H8O.3C2H6.6CH5N.11CH2O.5H3N/c1-2-6-3-4-8(10)7(9)5-6;1-2-8-6-4-3-5-7-8;1-7(9)8-5-3-2-4-6-8;3*1-4-5(2)3;1-4(2)3;1-3(2)4;20*1-2;;;;;/h3-5,10H,2H2,1H3;3-7H,2H2,1H3;2-6H2,1H3;3*5H,4H2,1-3H3;4H,1-3H3;3-4H,1-2H3;3*1-2H3;6*2H2,1H3;11*1H2;5*1H3. The van der Waals surface area contributed by atoms with Gasteiger partial charge in [0.05, 0.1) is 0 Å². The van der Waals surface area contributed by atoms with Gasteiger partial charge in [0.15, 0.2) is 11.6 Å². The second-order valence-corrected chi connectivity index (χ2v) is 14.8. The van der Waals surface area contributed by atoms with Crippen LogP contribution in [0.2, 0.25) is 0 Å². The number of aliphatic hydroxyl groups is 1. The molecule has 0 saturated carbocycles. The zero-order chi connectivity index (χ0) is 80.1. The van der Waals surface area contributed by atoms with E-state index in [1.807, 2.05) is 134 Å². The highest BCUT2D eigenvalue weighted by Crippen LogP contribution is 2.16. The van der Waals surface area contributed by atoms with Crippen LogP contribution in [0, 0.1) is 29.5 Å². The summed E-state index contributed by atoms with van der Waals surface area (Å²) in [6, 6.07) is 14.9. The summed E-state index contributed by atoms with van der Waals surface area (Å²) in [6.45, 7) is 71.6. The molecule has 594 valence electrons. The van der Waals surface area contributed by atoms with Gasteiger partial charge in [0.25, 0.3) is 0 Å². The molecule has 0 spiro atoms. The average molecular weight is 1400 g/mol. The number of piperidine rings is 1. The predicted molar refractivity (Wildman–Crippen MR) is 421 cm³/mol. The molecule has 0 radical (unpaired) electrons. The van der Waals surface area contributed by atoms with Gasteiger partial charge in [-0.25, -0.2) is 4.39 Å². The number of carbonyl (C=O) groups is 12. The molecular weight excluding hydrogens is 1230 g/mol. The number of carbonyl (C=O) groups excluding carboxylic acids is 12. The topological polar surface area (TPSA) is 580 Å². The van der Waals surface area contributed by atoms with Gasteiger partial charge in [0.1, 0.15) is 74.7 Å². The molecule has 1 aliphatic heterocycles. The van der Waals surface area contributed by atoms with E-state index in [0.717, 1.165) is 55.2 Å². The minimum absolute atomic E-state index is 0. The maximum Gasteiger partial charge on any atom is 0.219 e. The first kappa shape index (κ1) is 198. The fourth-order valence-electron chi connectivity index (χ4n) is 2.69. The van der Waals surface area contributed by atoms with Crippen molar-refractivity contribution in [3.8, 4) is 5.75 Å². The molecule has 2 aromatic carbocycles. The zero-order valence-corrected chi connectivity index (χ0v) is 67.5. The Hall–Kier alpha value is -6.47. The predicted octanol–water partition coefficient (Wildman–Crippen LogP) is 12.9. The van der Waals surface area contributed by atoms with Gasteiger partial charge in [-0.2, -0.15) is 0 Å². The monoisotopic (exact) mass is 1400 g/mol. The lowest BCUT2D eigenvalue weighted by Crippen LogP contribution is -2.33. The van der Waals surface area contributed by atoms with Crippen molar-refractivity contribution < 1.29 is 72.1 Å². The Bertz CT molecular complexity index is 1120. The molecule has 0 aliphatic carbocycles. The highest BCUT2D eigenvalue weighted by Gasteiger charge is 2.11. The first-order chi connectivity index (χ1) is 43.2. The minimum Gasteiger partial charge on any atom is -0.505 e. The van der Waals surface area contributed by atoms with Crippen LogP contribution in [0.25, 0.3) is 0 Å². The summed E-state index contributed by atoms with van der Waals surface area (Å²) in [7, 11) is 9.00. The van der Waals surface area contributed by atoms with Crippen molar-refractivity contribution in [1.29, 1.82) is 0 Å². The molecule has 0 aromatic heterocycles. The van der Waals surface area contributed by atoms with Crippen LogP contribution in [0.4, 0.5) is 4.39 Å². The molecule has 0 unspecified atom stereocenters. The van der Waals surface area contributed by atoms with E-state index in [0.29, 0.717) is 0 Å². The molecule has 1 saturated heterocycles. The van der Waals surface area contributed by atoms with E-state index in [1.54, 1.807) is 26.8 Å². The quantitative estimate of drug-likeness (QED) is 0.132. The third-order valence-electron chi connectivity index (χ3n) is 6.92. The van der Waals surface area contributed by atoms with Gasteiger partial charge in [-0.3, -0.25) is 4.79 Å². The molecule has 0 bridgehead atoms. The number of nitrogens with zero attached hydrogens (tertiary/aromatic N) is 1. The number of aryl methyl sites for hydroxylation is 2. The van der Waals surface area contributed by atoms with E-state index in [1.165, 1.54) is 98.5 Å². The SMILES string of the molecule is C=O.C=O.C=O.C=O.C=O.C=O.C=O.C=O.C=O.C=O.C=O.CC.CC.CC.CC(=O)N1CCCCC1.CC(C)C.CC(C)O.CCC(C)C.CCC(C)C.CCC(C)C.CCc1ccc(O)c(F)c1.CCc1ccccc1.CN.CN.CN.CN.CN.CN.N.N.N.N.N. The maximum atomic E-state index is 12.5. The largest absolute Gasteiger partial charge is 0.505 e. The van der Waals surface area contributed by atoms with Crippen LogP contribution in [0.5, 0.6) is 5.75 Å². The van der Waals surface area contributed by atoms with Crippen LogP contribution in [-0.4, -0.2) is 157 Å². The molecule has 1 amide bonds. The molecule has 1 aliphatic rings. The summed E-state index contributed by atoms with van der Waals surface area (Å²) >= 11 is 0. The number of halogens is 1. The fraction of sp³-hybridized carbons (Fsp3) is 0.647. The van der Waals surface area contributed by atoms with Gasteiger partial charge in [0, 0.05) is 26.1 Å². The van der Waals surface area contributed by atoms with Crippen LogP contribution in [0.3, 0.4) is 0 Å². The number of hydrogen-bond acceptors (Lipinski definition) is 25. The highest BCUT2D eigenvalue weighted by molar-refractivity contribution is 5.73. The van der Waals surface area contributed by atoms with Crippen LogP contribution >= 0.6 is 0 Å². The van der Waals surface area contributed by atoms with Crippen LogP contribution in [-0.2, 0) is 70.4 Å². The summed E-state index contributed by atoms with van der Waals surface area (Å²) < 4.78 is 12.5. The number of phenolic OH excluding ortho intramolecular Hbond substituents is 1. The minimum atomic E-state index is -0.542. The number of aliphatic hydroxyl groups excluding tert-OH is 1. The van der Waals surface area contributed by atoms with E-state index in [4.69, 9.17) is 63.0 Å². The van der Waals surface area contributed by atoms with E-state index in [9.17, 15) is 9.18 Å². The molecule has 26 nitrogen and oxygen atoms in total. The highest BCUT2D eigenvalue weighted by atomic mass is 19.1. The Balaban J connectivity index is -0.0000000169. The Morgan fingerprint density at radius 3 is 0.705 bits per heavy atom. The number of amides is 1. The summed E-state index contributed by atoms with van der Waals surface area (Å²) in [5, 5.41) is 16.8. The Labute approximate surface area is 587 Å². The smallest absolute Gasteiger partial charge is 0.219 e. The second kappa shape index (κ2) is 331. The average Bonchev–Trinajstić information content (AvgIpc) is 3.64. The number of nitrogens with two attached hydrogens (primary N) is 6. The first-order valence-electron chi connectivity index (χ1n) is 29.3. The lowest BCUT2D eigenvalue weighted by Gasteiger charge is -2.24. The normalized spacial score (nSPS) is 6.99. The molecule has 1 fully saturated rings. The van der Waals surface area contributed by atoms with E-state index in [-0.39, 0.29) is 48.5 Å². The lowest BCUT2D eigenvalue weighted by molar-refractivity contribution is -0.129. The number of benzene rings is 2. The molecule has 3 rings (SSSR count). The van der Waals surface area contributed by atoms with Crippen LogP contribution in [0.15, 0.2) is 48.5 Å². The second-order valence-electron chi connectivity index (χ2n) is 14.8. The van der Waals surface area contributed by atoms with Gasteiger partial charge >= 0.3 is 0 Å². The van der Waals surface area contributed by atoms with Crippen molar-refractivity contribution >= 4 is 80.6 Å². The first-order valence-corrected chi connectivity index (χ1v) is 29.3. The Morgan fingerprint density at radius 2 is 0.589 bits per heavy atom. The van der Waals surface area contributed by atoms with Crippen molar-refractivity contribution in [1.82, 2.24) is 35.7 Å². The number of phenols is 1. The van der Waals surface area contributed by atoms with E-state index in [2.05, 4.69) is 149 Å². The van der Waals surface area contributed by atoms with Crippen LogP contribution in [0.1, 0.15) is 209 Å². The van der Waals surface area contributed by atoms with E-state index >= 15 is 0 Å². The van der Waals surface area contributed by atoms with Gasteiger partial charge in [-0.15, -0.1) is 0 Å². The number of hydrogen-bond donors (Lipinski definition) is 13. The third kappa shape index (κ3) is 480. The molecule has 0 atom stereocenters. The Morgan fingerprint density at radius 1 is 0.411 bits per heavy atom. The lowest BCUT2D eigenvalue weighted by atomic mass is 10.1. The Kier molecular flexibility index (Phi) is 689. The molecular formula is C68H171FN12O14. The maximum absolute atomic E-state index is 12.5. The van der Waals surface area contributed by atoms with Crippen LogP contribution < -0.4 is 65.2 Å². The number of aromatic hydroxyl groups is 1. The zero-order valence-electron chi connectivity index (χ0n) is 67.5. The van der Waals surface area contributed by atoms with E-state index < -0.39 is 5.82 Å². The summed E-state index contributed by atoms with van der Waals surface area (Å²) in [5.41, 5.74) is 29.3. The van der Waals surface area contributed by atoms with Gasteiger partial charge in [-0.05, 0) is 135 Å². The van der Waals surface area contributed by atoms with Crippen molar-refractivity contribution in [2.24, 2.45) is 58.1 Å². The number of rotatable bonds is 5. The molecule has 1 heterocycles. The van der Waals surface area contributed by atoms with Crippen molar-refractivity contribution in [2.45, 2.75) is 217 Å².